The van der Waals surface area contributed by atoms with Crippen molar-refractivity contribution in [2.24, 2.45) is 0 Å². The van der Waals surface area contributed by atoms with Gasteiger partial charge in [-0.15, -0.1) is 0 Å². The molecule has 0 aliphatic heterocycles. The van der Waals surface area contributed by atoms with Crippen molar-refractivity contribution in [2.75, 3.05) is 5.73 Å². The fraction of sp³-hybridized carbons (Fsp3) is 0.133. The first-order valence-electron chi connectivity index (χ1n) is 5.94. The van der Waals surface area contributed by atoms with E-state index in [0.29, 0.717) is 16.8 Å². The fourth-order valence-corrected chi connectivity index (χ4v) is 2.02. The maximum absolute atomic E-state index is 12.9. The molecule has 3 nitrogen and oxygen atoms in total. The molecule has 0 fully saturated rings. The smallest absolute Gasteiger partial charge is 0.338 e. The Morgan fingerprint density at radius 1 is 1.30 bits per heavy atom. The van der Waals surface area contributed by atoms with Gasteiger partial charge in [0.1, 0.15) is 12.4 Å². The average Bonchev–Trinajstić information content (AvgIpc) is 2.36. The van der Waals surface area contributed by atoms with Crippen molar-refractivity contribution in [1.82, 2.24) is 0 Å². The van der Waals surface area contributed by atoms with Crippen LogP contribution < -0.4 is 5.73 Å². The van der Waals surface area contributed by atoms with Crippen LogP contribution in [0.2, 0.25) is 5.02 Å². The van der Waals surface area contributed by atoms with Gasteiger partial charge in [-0.2, -0.15) is 0 Å². The Bertz CT molecular complexity index is 638. The van der Waals surface area contributed by atoms with Crippen LogP contribution in [0, 0.1) is 12.7 Å². The molecule has 0 spiro atoms. The zero-order chi connectivity index (χ0) is 14.7. The van der Waals surface area contributed by atoms with E-state index >= 15 is 0 Å². The van der Waals surface area contributed by atoms with E-state index in [0.717, 1.165) is 5.56 Å². The van der Waals surface area contributed by atoms with Gasteiger partial charge in [-0.25, -0.2) is 9.18 Å². The average molecular weight is 294 g/mol. The predicted molar refractivity (Wildman–Crippen MR) is 76.1 cm³/mol. The van der Waals surface area contributed by atoms with Crippen LogP contribution in [0.5, 0.6) is 0 Å². The lowest BCUT2D eigenvalue weighted by Crippen LogP contribution is -2.06. The molecule has 2 N–H and O–H groups in total. The Morgan fingerprint density at radius 2 is 2.05 bits per heavy atom. The third-order valence-electron chi connectivity index (χ3n) is 2.71. The Hall–Kier alpha value is -2.07. The van der Waals surface area contributed by atoms with Gasteiger partial charge in [0.25, 0.3) is 0 Å². The van der Waals surface area contributed by atoms with Gasteiger partial charge in [-0.3, -0.25) is 0 Å². The summed E-state index contributed by atoms with van der Waals surface area (Å²) in [4.78, 5) is 11.9. The summed E-state index contributed by atoms with van der Waals surface area (Å²) >= 11 is 5.86. The molecule has 104 valence electrons. The normalized spacial score (nSPS) is 10.3. The van der Waals surface area contributed by atoms with Crippen molar-refractivity contribution >= 4 is 23.3 Å². The van der Waals surface area contributed by atoms with Crippen molar-refractivity contribution in [2.45, 2.75) is 13.5 Å². The second kappa shape index (κ2) is 5.92. The molecule has 2 rings (SSSR count). The van der Waals surface area contributed by atoms with E-state index in [4.69, 9.17) is 22.1 Å². The molecule has 0 aromatic heterocycles. The van der Waals surface area contributed by atoms with Gasteiger partial charge >= 0.3 is 5.97 Å². The number of rotatable bonds is 3. The number of ether oxygens (including phenoxy) is 1. The molecule has 0 bridgehead atoms. The van der Waals surface area contributed by atoms with Gasteiger partial charge in [-0.1, -0.05) is 17.7 Å². The number of anilines is 1. The van der Waals surface area contributed by atoms with E-state index in [-0.39, 0.29) is 11.6 Å². The first-order chi connectivity index (χ1) is 9.45. The van der Waals surface area contributed by atoms with Crippen molar-refractivity contribution in [3.63, 3.8) is 0 Å². The van der Waals surface area contributed by atoms with Gasteiger partial charge in [0.2, 0.25) is 0 Å². The molecule has 2 aromatic rings. The minimum atomic E-state index is -0.499. The van der Waals surface area contributed by atoms with Crippen LogP contribution in [-0.4, -0.2) is 5.97 Å². The Balaban J connectivity index is 2.08. The number of esters is 1. The van der Waals surface area contributed by atoms with Gasteiger partial charge in [-0.05, 0) is 42.8 Å². The molecule has 2 aromatic carbocycles. The minimum absolute atomic E-state index is 0.0220. The molecule has 0 atom stereocenters. The van der Waals surface area contributed by atoms with Crippen LogP contribution in [0.25, 0.3) is 0 Å². The summed E-state index contributed by atoms with van der Waals surface area (Å²) < 4.78 is 18.0. The minimum Gasteiger partial charge on any atom is -0.457 e. The highest BCUT2D eigenvalue weighted by molar-refractivity contribution is 6.31. The zero-order valence-corrected chi connectivity index (χ0v) is 11.6. The van der Waals surface area contributed by atoms with E-state index in [2.05, 4.69) is 0 Å². The summed E-state index contributed by atoms with van der Waals surface area (Å²) in [6.45, 7) is 1.82. The van der Waals surface area contributed by atoms with Gasteiger partial charge < -0.3 is 10.5 Å². The van der Waals surface area contributed by atoms with Gasteiger partial charge in [0.05, 0.1) is 10.6 Å². The summed E-state index contributed by atoms with van der Waals surface area (Å²) in [5, 5.41) is 0.224. The van der Waals surface area contributed by atoms with Crippen LogP contribution in [0.15, 0.2) is 36.4 Å². The molecule has 0 saturated carbocycles. The second-order valence-corrected chi connectivity index (χ2v) is 4.85. The van der Waals surface area contributed by atoms with E-state index in [1.54, 1.807) is 18.2 Å². The highest BCUT2D eigenvalue weighted by Gasteiger charge is 2.10. The third kappa shape index (κ3) is 3.48. The van der Waals surface area contributed by atoms with E-state index < -0.39 is 11.8 Å². The van der Waals surface area contributed by atoms with Crippen molar-refractivity contribution in [3.8, 4) is 0 Å². The molecule has 0 saturated heterocycles. The topological polar surface area (TPSA) is 52.3 Å². The zero-order valence-electron chi connectivity index (χ0n) is 10.8. The molecule has 0 unspecified atom stereocenters. The monoisotopic (exact) mass is 293 g/mol. The lowest BCUT2D eigenvalue weighted by Gasteiger charge is -2.08. The molecular formula is C15H13ClFNO2. The molecule has 20 heavy (non-hydrogen) atoms. The Labute approximate surface area is 121 Å². The van der Waals surface area contributed by atoms with E-state index in [1.165, 1.54) is 18.2 Å². The quantitative estimate of drug-likeness (QED) is 0.693. The van der Waals surface area contributed by atoms with Crippen LogP contribution in [0.1, 0.15) is 21.5 Å². The van der Waals surface area contributed by atoms with Gasteiger partial charge in [0, 0.05) is 11.3 Å². The summed E-state index contributed by atoms with van der Waals surface area (Å²) in [6.07, 6.45) is 0. The molecule has 5 heteroatoms. The van der Waals surface area contributed by atoms with Crippen LogP contribution in [0.4, 0.5) is 10.1 Å². The summed E-state index contributed by atoms with van der Waals surface area (Å²) in [7, 11) is 0. The third-order valence-corrected chi connectivity index (χ3v) is 3.06. The highest BCUT2D eigenvalue weighted by atomic mass is 35.5. The molecule has 0 amide bonds. The van der Waals surface area contributed by atoms with E-state index in [1.807, 2.05) is 6.92 Å². The summed E-state index contributed by atoms with van der Waals surface area (Å²) in [6, 6.07) is 8.91. The molecule has 0 radical (unpaired) electrons. The molecular weight excluding hydrogens is 281 g/mol. The van der Waals surface area contributed by atoms with Crippen molar-refractivity contribution in [3.05, 3.63) is 63.9 Å². The number of hydrogen-bond acceptors (Lipinski definition) is 3. The maximum Gasteiger partial charge on any atom is 0.338 e. The van der Waals surface area contributed by atoms with E-state index in [9.17, 15) is 9.18 Å². The summed E-state index contributed by atoms with van der Waals surface area (Å²) in [5.74, 6) is -0.933. The fourth-order valence-electron chi connectivity index (χ4n) is 1.80. The van der Waals surface area contributed by atoms with Crippen LogP contribution >= 0.6 is 11.6 Å². The molecule has 0 heterocycles. The number of carbonyl (C=O) groups excluding carboxylic acids is 1. The first-order valence-corrected chi connectivity index (χ1v) is 6.32. The highest BCUT2D eigenvalue weighted by Crippen LogP contribution is 2.19. The Kier molecular flexibility index (Phi) is 4.25. The maximum atomic E-state index is 12.9. The standard InChI is InChI=1S/C15H13ClFNO2/c1-9-4-11(6-13(18)5-9)15(19)20-8-10-2-3-12(17)7-14(10)16/h2-7H,8,18H2,1H3. The number of aryl methyl sites for hydroxylation is 1. The number of carbonyl (C=O) groups is 1. The number of halogens is 2. The molecule has 0 aliphatic carbocycles. The number of nitrogens with two attached hydrogens (primary N) is 1. The molecule has 0 aliphatic rings. The Morgan fingerprint density at radius 3 is 2.70 bits per heavy atom. The second-order valence-electron chi connectivity index (χ2n) is 4.44. The number of nitrogen functional groups attached to an aromatic ring is 1. The first kappa shape index (κ1) is 14.3. The SMILES string of the molecule is Cc1cc(N)cc(C(=O)OCc2ccc(F)cc2Cl)c1. The van der Waals surface area contributed by atoms with Crippen LogP contribution in [-0.2, 0) is 11.3 Å². The van der Waals surface area contributed by atoms with Crippen molar-refractivity contribution < 1.29 is 13.9 Å². The van der Waals surface area contributed by atoms with Crippen molar-refractivity contribution in [1.29, 1.82) is 0 Å². The van der Waals surface area contributed by atoms with Gasteiger partial charge in [0.15, 0.2) is 0 Å². The predicted octanol–water partition coefficient (Wildman–Crippen LogP) is 3.73. The summed E-state index contributed by atoms with van der Waals surface area (Å²) in [5.41, 5.74) is 7.96. The van der Waals surface area contributed by atoms with Crippen LogP contribution in [0.3, 0.4) is 0 Å². The number of hydrogen-bond donors (Lipinski definition) is 1. The number of benzene rings is 2. The lowest BCUT2D eigenvalue weighted by molar-refractivity contribution is 0.0473. The largest absolute Gasteiger partial charge is 0.457 e. The lowest BCUT2D eigenvalue weighted by atomic mass is 10.1.